The third kappa shape index (κ3) is 21.0. The van der Waals surface area contributed by atoms with Crippen LogP contribution in [-0.2, 0) is 52.3 Å². The van der Waals surface area contributed by atoms with Crippen molar-refractivity contribution in [1.82, 2.24) is 0 Å². The Morgan fingerprint density at radius 3 is 1.55 bits per heavy atom. The van der Waals surface area contributed by atoms with Crippen molar-refractivity contribution in [2.75, 3.05) is 19.8 Å². The molecule has 3 saturated heterocycles. The maximum Gasteiger partial charge on any atom is 0.332 e. The predicted molar refractivity (Wildman–Crippen MR) is 235 cm³/mol. The van der Waals surface area contributed by atoms with E-state index in [0.717, 1.165) is 104 Å². The van der Waals surface area contributed by atoms with Crippen LogP contribution in [0.2, 0.25) is 0 Å². The minimum Gasteiger partial charge on any atom is -0.479 e. The zero-order valence-electron chi connectivity index (χ0n) is 39.5. The summed E-state index contributed by atoms with van der Waals surface area (Å²) < 4.78 is 45.8. The number of carbonyl (C=O) groups is 3. The van der Waals surface area contributed by atoms with Gasteiger partial charge in [-0.2, -0.15) is 0 Å². The van der Waals surface area contributed by atoms with Gasteiger partial charge in [0.2, 0.25) is 0 Å². The van der Waals surface area contributed by atoms with Gasteiger partial charge in [0.05, 0.1) is 31.5 Å². The highest BCUT2D eigenvalue weighted by molar-refractivity contribution is 5.71. The van der Waals surface area contributed by atoms with Gasteiger partial charge in [0.1, 0.15) is 61.5 Å². The van der Waals surface area contributed by atoms with Crippen LogP contribution in [0.4, 0.5) is 0 Å². The van der Waals surface area contributed by atoms with Gasteiger partial charge in [-0.1, -0.05) is 96.8 Å². The van der Waals surface area contributed by atoms with E-state index in [1.165, 1.54) is 0 Å². The molecule has 3 aliphatic rings. The van der Waals surface area contributed by atoms with Crippen LogP contribution in [0.3, 0.4) is 0 Å². The van der Waals surface area contributed by atoms with Crippen molar-refractivity contribution < 1.29 is 103 Å². The summed E-state index contributed by atoms with van der Waals surface area (Å²) in [5.41, 5.74) is 0. The minimum atomic E-state index is -1.91. The van der Waals surface area contributed by atoms with Crippen molar-refractivity contribution in [3.05, 3.63) is 0 Å². The van der Waals surface area contributed by atoms with E-state index in [1.54, 1.807) is 0 Å². The summed E-state index contributed by atoms with van der Waals surface area (Å²) in [7, 11) is 0. The molecule has 0 aromatic rings. The van der Waals surface area contributed by atoms with Gasteiger partial charge in [-0.05, 0) is 38.5 Å². The van der Waals surface area contributed by atoms with Gasteiger partial charge in [0.15, 0.2) is 31.1 Å². The first kappa shape index (κ1) is 59.1. The summed E-state index contributed by atoms with van der Waals surface area (Å²) in [5.74, 6) is -2.71. The third-order valence-corrected chi connectivity index (χ3v) is 12.5. The Balaban J connectivity index is 1.49. The van der Waals surface area contributed by atoms with Gasteiger partial charge in [-0.15, -0.1) is 0 Å². The van der Waals surface area contributed by atoms with Gasteiger partial charge in [-0.3, -0.25) is 9.59 Å². The van der Waals surface area contributed by atoms with Crippen molar-refractivity contribution in [1.29, 1.82) is 0 Å². The van der Waals surface area contributed by atoms with E-state index < -0.39 is 135 Å². The van der Waals surface area contributed by atoms with Crippen LogP contribution in [0.15, 0.2) is 0 Å². The fourth-order valence-electron chi connectivity index (χ4n) is 8.48. The Kier molecular flexibility index (Phi) is 28.2. The van der Waals surface area contributed by atoms with Crippen molar-refractivity contribution in [3.63, 3.8) is 0 Å². The van der Waals surface area contributed by atoms with Crippen LogP contribution in [0.25, 0.3) is 0 Å². The third-order valence-electron chi connectivity index (χ3n) is 12.5. The molecular formula is C46H82O21. The van der Waals surface area contributed by atoms with E-state index in [4.69, 9.17) is 43.0 Å². The average molecular weight is 971 g/mol. The lowest BCUT2D eigenvalue weighted by Crippen LogP contribution is -2.65. The zero-order chi connectivity index (χ0) is 49.5. The molecule has 3 heterocycles. The molecule has 392 valence electrons. The molecule has 10 N–H and O–H groups in total. The van der Waals surface area contributed by atoms with Crippen LogP contribution < -0.4 is 0 Å². The molecule has 0 unspecified atom stereocenters. The Morgan fingerprint density at radius 1 is 0.552 bits per heavy atom. The molecule has 3 fully saturated rings. The average Bonchev–Trinajstić information content (AvgIpc) is 3.28. The summed E-state index contributed by atoms with van der Waals surface area (Å²) in [6, 6.07) is 0. The van der Waals surface area contributed by atoms with Crippen LogP contribution in [0.5, 0.6) is 0 Å². The van der Waals surface area contributed by atoms with E-state index in [1.807, 2.05) is 6.92 Å². The molecule has 0 aromatic carbocycles. The molecule has 0 spiro atoms. The summed E-state index contributed by atoms with van der Waals surface area (Å²) in [5, 5.41) is 105. The molecule has 21 heteroatoms. The van der Waals surface area contributed by atoms with Crippen molar-refractivity contribution in [2.24, 2.45) is 0 Å². The number of carboxylic acid groups (broad SMARTS) is 1. The van der Waals surface area contributed by atoms with Crippen LogP contribution in [-0.4, -0.2) is 193 Å². The smallest absolute Gasteiger partial charge is 0.332 e. The quantitative estimate of drug-likeness (QED) is 0.0327. The molecule has 0 aromatic heterocycles. The van der Waals surface area contributed by atoms with Crippen LogP contribution in [0, 0.1) is 0 Å². The predicted octanol–water partition coefficient (Wildman–Crippen LogP) is 1.23. The maximum absolute atomic E-state index is 11.8. The van der Waals surface area contributed by atoms with E-state index in [9.17, 15) is 60.3 Å². The van der Waals surface area contributed by atoms with Gasteiger partial charge in [-0.25, -0.2) is 4.79 Å². The number of carbonyl (C=O) groups excluding carboxylic acids is 2. The number of aliphatic hydroxyl groups excluding tert-OH is 9. The summed E-state index contributed by atoms with van der Waals surface area (Å²) in [4.78, 5) is 34.0. The molecule has 17 atom stereocenters. The number of ether oxygens (including phenoxy) is 8. The number of unbranched alkanes of at least 4 members (excludes halogenated alkanes) is 12. The highest BCUT2D eigenvalue weighted by Crippen LogP contribution is 2.32. The highest BCUT2D eigenvalue weighted by Gasteiger charge is 2.52. The van der Waals surface area contributed by atoms with Crippen molar-refractivity contribution in [2.45, 2.75) is 254 Å². The normalized spacial score (nSPS) is 32.0. The zero-order valence-corrected chi connectivity index (χ0v) is 39.5. The summed E-state index contributed by atoms with van der Waals surface area (Å²) in [6.07, 6.45) is -7.76. The Bertz CT molecular complexity index is 1380. The molecule has 3 aliphatic heterocycles. The highest BCUT2D eigenvalue weighted by atomic mass is 16.8. The van der Waals surface area contributed by atoms with E-state index in [2.05, 4.69) is 0 Å². The first-order valence-electron chi connectivity index (χ1n) is 24.5. The fraction of sp³-hybridized carbons (Fsp3) is 0.935. The minimum absolute atomic E-state index is 0.300. The Hall–Kier alpha value is -2.19. The lowest BCUT2D eigenvalue weighted by atomic mass is 9.98. The number of rotatable bonds is 33. The lowest BCUT2D eigenvalue weighted by molar-refractivity contribution is -0.380. The Morgan fingerprint density at radius 2 is 1.03 bits per heavy atom. The Labute approximate surface area is 393 Å². The lowest BCUT2D eigenvalue weighted by Gasteiger charge is -2.46. The molecule has 21 nitrogen and oxygen atoms in total. The second kappa shape index (κ2) is 31.9. The molecule has 0 bridgehead atoms. The monoisotopic (exact) mass is 971 g/mol. The van der Waals surface area contributed by atoms with Crippen molar-refractivity contribution in [3.8, 4) is 0 Å². The first-order chi connectivity index (χ1) is 31.9. The first-order valence-corrected chi connectivity index (χ1v) is 24.5. The molecule has 0 radical (unpaired) electrons. The number of carboxylic acids is 1. The largest absolute Gasteiger partial charge is 0.479 e. The maximum atomic E-state index is 11.8. The molecule has 3 rings (SSSR count). The molecule has 0 saturated carbocycles. The van der Waals surface area contributed by atoms with E-state index >= 15 is 0 Å². The molecule has 67 heavy (non-hydrogen) atoms. The number of aliphatic carboxylic acids is 1. The van der Waals surface area contributed by atoms with Crippen LogP contribution in [0.1, 0.15) is 149 Å². The molecule has 0 aliphatic carbocycles. The van der Waals surface area contributed by atoms with Gasteiger partial charge in [0.25, 0.3) is 0 Å². The molecule has 0 amide bonds. The second-order valence-electron chi connectivity index (χ2n) is 18.3. The topological polar surface area (TPSA) is 327 Å². The van der Waals surface area contributed by atoms with Gasteiger partial charge >= 0.3 is 17.9 Å². The standard InChI is InChI=1S/C46H82O21/c1-4-5-19-29(20-18-23-31(50)30(49)21-16-14-12-10-8-6-7-9-11-13-15-17-22-32(51)43(58)59)64-45-41(36(54)33(52)24-61-45)67-46-42(37(55)34(53)25-62-46)66-44-39(57)38(56)40(63-28(3)48)35(65-44)26-60-27(2)47/h29-42,44-46,49-57H,4-26H2,1-3H3,(H,58,59)/t29-,30+,31-,32-,33+,34+,35+,36-,37-,38+,39+,40+,41+,42+,44-,45-,46-/m0/s1. The summed E-state index contributed by atoms with van der Waals surface area (Å²) >= 11 is 0. The number of esters is 2. The number of hydrogen-bond donors (Lipinski definition) is 10. The SMILES string of the molecule is CCCC[C@@H](CCC[C@H](O)[C@H](O)CCCCCCCCCCCCCC[C@H](O)C(=O)O)O[C@@H]1OC[C@@H](O)[C@H](O)[C@H]1O[C@@H]1OC[C@@H](O)[C@H](O)[C@H]1O[C@@H]1O[C@H](COC(C)=O)[C@@H](OC(C)=O)[C@H](O)[C@H]1O. The number of hydrogen-bond acceptors (Lipinski definition) is 20. The molecular weight excluding hydrogens is 888 g/mol. The second-order valence-corrected chi connectivity index (χ2v) is 18.3. The van der Waals surface area contributed by atoms with Crippen LogP contribution >= 0.6 is 0 Å². The van der Waals surface area contributed by atoms with E-state index in [-0.39, 0.29) is 6.61 Å². The summed E-state index contributed by atoms with van der Waals surface area (Å²) in [6.45, 7) is 2.89. The van der Waals surface area contributed by atoms with Gasteiger partial charge in [0, 0.05) is 13.8 Å². The van der Waals surface area contributed by atoms with E-state index in [0.29, 0.717) is 38.5 Å². The number of aliphatic hydroxyl groups is 9. The van der Waals surface area contributed by atoms with Gasteiger partial charge < -0.3 is 89.0 Å². The fourth-order valence-corrected chi connectivity index (χ4v) is 8.48. The van der Waals surface area contributed by atoms with Crippen molar-refractivity contribution >= 4 is 17.9 Å².